The van der Waals surface area contributed by atoms with Gasteiger partial charge < -0.3 is 0 Å². The molecule has 0 fully saturated rings. The lowest BCUT2D eigenvalue weighted by Crippen LogP contribution is -2.00. The Morgan fingerprint density at radius 3 is 1.74 bits per heavy atom. The highest BCUT2D eigenvalue weighted by molar-refractivity contribution is 5.63. The van der Waals surface area contributed by atoms with Gasteiger partial charge in [0.1, 0.15) is 11.4 Å². The molecule has 0 amide bonds. The number of unbranched alkanes of at least 4 members (excludes halogenated alkanes) is 10. The molecule has 3 heterocycles. The Labute approximate surface area is 187 Å². The average molecular weight is 417 g/mol. The first kappa shape index (κ1) is 23.1. The van der Waals surface area contributed by atoms with E-state index in [9.17, 15) is 0 Å². The Morgan fingerprint density at radius 1 is 0.581 bits per heavy atom. The van der Waals surface area contributed by atoms with E-state index in [0.29, 0.717) is 0 Å². The fourth-order valence-corrected chi connectivity index (χ4v) is 3.96. The number of hydrogen-bond acceptors (Lipinski definition) is 4. The number of hydrogen-bond donors (Lipinski definition) is 0. The fraction of sp³-hybridized carbons (Fsp3) is 0.481. The van der Waals surface area contributed by atoms with Crippen molar-refractivity contribution in [1.29, 1.82) is 0 Å². The van der Waals surface area contributed by atoms with E-state index >= 15 is 0 Å². The van der Waals surface area contributed by atoms with Crippen molar-refractivity contribution in [3.05, 3.63) is 60.4 Å². The average Bonchev–Trinajstić information content (AvgIpc) is 2.83. The van der Waals surface area contributed by atoms with Crippen LogP contribution in [0.15, 0.2) is 54.9 Å². The Hall–Kier alpha value is -2.62. The van der Waals surface area contributed by atoms with Crippen molar-refractivity contribution in [2.75, 3.05) is 0 Å². The summed E-state index contributed by atoms with van der Waals surface area (Å²) in [4.78, 5) is 8.93. The second-order valence-electron chi connectivity index (χ2n) is 8.32. The number of rotatable bonds is 14. The van der Waals surface area contributed by atoms with Crippen LogP contribution in [0.3, 0.4) is 0 Å². The quantitative estimate of drug-likeness (QED) is 0.256. The summed E-state index contributed by atoms with van der Waals surface area (Å²) in [6.45, 7) is 2.28. The zero-order chi connectivity index (χ0) is 21.6. The van der Waals surface area contributed by atoms with Gasteiger partial charge in [-0.25, -0.2) is 0 Å². The van der Waals surface area contributed by atoms with E-state index in [1.165, 1.54) is 76.2 Å². The molecule has 0 saturated carbocycles. The minimum atomic E-state index is 0.832. The van der Waals surface area contributed by atoms with E-state index in [0.717, 1.165) is 29.2 Å². The predicted octanol–water partition coefficient (Wildman–Crippen LogP) is 7.45. The molecule has 3 aromatic heterocycles. The van der Waals surface area contributed by atoms with Crippen molar-refractivity contribution in [1.82, 2.24) is 20.2 Å². The first-order valence-corrected chi connectivity index (χ1v) is 12.1. The zero-order valence-corrected chi connectivity index (χ0v) is 19.0. The Balaban J connectivity index is 1.51. The molecule has 0 atom stereocenters. The van der Waals surface area contributed by atoms with E-state index < -0.39 is 0 Å². The Kier molecular flexibility index (Phi) is 10.1. The number of aryl methyl sites for hydroxylation is 1. The van der Waals surface area contributed by atoms with Gasteiger partial charge in [-0.1, -0.05) is 83.3 Å². The molecule has 31 heavy (non-hydrogen) atoms. The molecular formula is C27H36N4. The molecule has 0 spiro atoms. The van der Waals surface area contributed by atoms with Gasteiger partial charge in [0, 0.05) is 12.4 Å². The fourth-order valence-electron chi connectivity index (χ4n) is 3.96. The van der Waals surface area contributed by atoms with Crippen LogP contribution in [0.25, 0.3) is 22.8 Å². The van der Waals surface area contributed by atoms with Crippen molar-refractivity contribution in [2.45, 2.75) is 84.0 Å². The highest BCUT2D eigenvalue weighted by atomic mass is 15.1. The van der Waals surface area contributed by atoms with Crippen molar-refractivity contribution in [3.63, 3.8) is 0 Å². The summed E-state index contributed by atoms with van der Waals surface area (Å²) in [6, 6.07) is 14.0. The molecule has 4 nitrogen and oxygen atoms in total. The molecule has 0 bridgehead atoms. The van der Waals surface area contributed by atoms with Gasteiger partial charge in [-0.2, -0.15) is 0 Å². The van der Waals surface area contributed by atoms with Crippen LogP contribution in [-0.4, -0.2) is 20.2 Å². The van der Waals surface area contributed by atoms with Gasteiger partial charge in [0.25, 0.3) is 0 Å². The van der Waals surface area contributed by atoms with E-state index in [1.807, 2.05) is 42.6 Å². The lowest BCUT2D eigenvalue weighted by molar-refractivity contribution is 0.549. The largest absolute Gasteiger partial charge is 0.255 e. The monoisotopic (exact) mass is 416 g/mol. The second-order valence-corrected chi connectivity index (χ2v) is 8.32. The van der Waals surface area contributed by atoms with Crippen LogP contribution in [0.1, 0.15) is 83.1 Å². The van der Waals surface area contributed by atoms with Crippen LogP contribution < -0.4 is 0 Å². The van der Waals surface area contributed by atoms with Gasteiger partial charge in [-0.3, -0.25) is 9.97 Å². The minimum Gasteiger partial charge on any atom is -0.255 e. The van der Waals surface area contributed by atoms with Gasteiger partial charge in [-0.05, 0) is 48.7 Å². The molecule has 0 unspecified atom stereocenters. The van der Waals surface area contributed by atoms with Crippen molar-refractivity contribution < 1.29 is 0 Å². The SMILES string of the molecule is CCCCCCCCCCCCCc1cc(-c2ccccn2)nnc1-c1ccccn1. The molecule has 3 rings (SSSR count). The molecule has 164 valence electrons. The normalized spacial score (nSPS) is 11.0. The van der Waals surface area contributed by atoms with Crippen molar-refractivity contribution in [3.8, 4) is 22.8 Å². The summed E-state index contributed by atoms with van der Waals surface area (Å²) in [5, 5.41) is 8.98. The highest BCUT2D eigenvalue weighted by Gasteiger charge is 2.12. The summed E-state index contributed by atoms with van der Waals surface area (Å²) in [7, 11) is 0. The highest BCUT2D eigenvalue weighted by Crippen LogP contribution is 2.24. The minimum absolute atomic E-state index is 0.832. The Morgan fingerprint density at radius 2 is 1.16 bits per heavy atom. The second kappa shape index (κ2) is 13.6. The maximum atomic E-state index is 4.54. The zero-order valence-electron chi connectivity index (χ0n) is 19.0. The molecule has 3 aromatic rings. The molecule has 0 saturated heterocycles. The van der Waals surface area contributed by atoms with Crippen LogP contribution in [0.4, 0.5) is 0 Å². The number of aromatic nitrogens is 4. The molecule has 0 aliphatic rings. The summed E-state index contributed by atoms with van der Waals surface area (Å²) in [5.41, 5.74) is 4.69. The third-order valence-electron chi connectivity index (χ3n) is 5.76. The van der Waals surface area contributed by atoms with Crippen molar-refractivity contribution in [2.24, 2.45) is 0 Å². The third kappa shape index (κ3) is 7.86. The third-order valence-corrected chi connectivity index (χ3v) is 5.76. The van der Waals surface area contributed by atoms with Crippen molar-refractivity contribution >= 4 is 0 Å². The lowest BCUT2D eigenvalue weighted by Gasteiger charge is -2.10. The summed E-state index contributed by atoms with van der Waals surface area (Å²) in [6.07, 6.45) is 19.5. The van der Waals surface area contributed by atoms with Crippen LogP contribution >= 0.6 is 0 Å². The smallest absolute Gasteiger partial charge is 0.115 e. The van der Waals surface area contributed by atoms with Gasteiger partial charge >= 0.3 is 0 Å². The first-order chi connectivity index (χ1) is 15.4. The summed E-state index contributed by atoms with van der Waals surface area (Å²) >= 11 is 0. The van der Waals surface area contributed by atoms with Gasteiger partial charge in [0.15, 0.2) is 0 Å². The predicted molar refractivity (Wildman–Crippen MR) is 129 cm³/mol. The standard InChI is InChI=1S/C27H36N4/c1-2-3-4-5-6-7-8-9-10-11-12-17-23-22-26(24-18-13-15-20-28-24)30-31-27(23)25-19-14-16-21-29-25/h13-16,18-22H,2-12,17H2,1H3. The number of nitrogens with zero attached hydrogens (tertiary/aromatic N) is 4. The molecule has 0 aliphatic heterocycles. The first-order valence-electron chi connectivity index (χ1n) is 12.1. The molecular weight excluding hydrogens is 380 g/mol. The van der Waals surface area contributed by atoms with E-state index in [-0.39, 0.29) is 0 Å². The van der Waals surface area contributed by atoms with Crippen LogP contribution in [0.5, 0.6) is 0 Å². The molecule has 0 radical (unpaired) electrons. The Bertz CT molecular complexity index is 865. The maximum Gasteiger partial charge on any atom is 0.115 e. The molecule has 0 aromatic carbocycles. The van der Waals surface area contributed by atoms with Gasteiger partial charge in [0.05, 0.1) is 11.4 Å². The number of pyridine rings is 2. The van der Waals surface area contributed by atoms with Gasteiger partial charge in [0.2, 0.25) is 0 Å². The van der Waals surface area contributed by atoms with E-state index in [4.69, 9.17) is 0 Å². The van der Waals surface area contributed by atoms with Crippen LogP contribution in [-0.2, 0) is 6.42 Å². The summed E-state index contributed by atoms with van der Waals surface area (Å²) in [5.74, 6) is 0. The van der Waals surface area contributed by atoms with Crippen LogP contribution in [0.2, 0.25) is 0 Å². The molecule has 4 heteroatoms. The van der Waals surface area contributed by atoms with Crippen LogP contribution in [0, 0.1) is 0 Å². The lowest BCUT2D eigenvalue weighted by atomic mass is 10.0. The maximum absolute atomic E-state index is 4.54. The van der Waals surface area contributed by atoms with E-state index in [1.54, 1.807) is 6.20 Å². The van der Waals surface area contributed by atoms with E-state index in [2.05, 4.69) is 33.2 Å². The summed E-state index contributed by atoms with van der Waals surface area (Å²) < 4.78 is 0. The topological polar surface area (TPSA) is 51.6 Å². The van der Waals surface area contributed by atoms with Gasteiger partial charge in [-0.15, -0.1) is 10.2 Å². The molecule has 0 aliphatic carbocycles. The molecule has 0 N–H and O–H groups in total.